The Labute approximate surface area is 137 Å². The number of aromatic amines is 1. The minimum absolute atomic E-state index is 0.119. The maximum atomic E-state index is 13.4. The summed E-state index contributed by atoms with van der Waals surface area (Å²) in [6, 6.07) is 1.92. The zero-order valence-corrected chi connectivity index (χ0v) is 13.1. The molecule has 3 heterocycles. The Morgan fingerprint density at radius 1 is 1.25 bits per heavy atom. The second kappa shape index (κ2) is 5.81. The lowest BCUT2D eigenvalue weighted by Gasteiger charge is -2.29. The van der Waals surface area contributed by atoms with E-state index in [-0.39, 0.29) is 11.7 Å². The molecule has 128 valence electrons. The molecule has 2 aromatic heterocycles. The van der Waals surface area contributed by atoms with Crippen molar-refractivity contribution < 1.29 is 13.2 Å². The average Bonchev–Trinajstić information content (AvgIpc) is 2.95. The summed E-state index contributed by atoms with van der Waals surface area (Å²) in [6.45, 7) is 1.65. The van der Waals surface area contributed by atoms with Crippen molar-refractivity contribution in [2.24, 2.45) is 0 Å². The molecule has 4 nitrogen and oxygen atoms in total. The number of anilines is 1. The fourth-order valence-electron chi connectivity index (χ4n) is 3.24. The van der Waals surface area contributed by atoms with Gasteiger partial charge in [-0.05, 0) is 43.9 Å². The van der Waals surface area contributed by atoms with E-state index >= 15 is 0 Å². The number of fused-ring (bicyclic) bond motifs is 1. The first-order chi connectivity index (χ1) is 11.5. The summed E-state index contributed by atoms with van der Waals surface area (Å²) in [5.74, 6) is 0. The number of aromatic nitrogens is 2. The molecule has 1 fully saturated rings. The van der Waals surface area contributed by atoms with Crippen LogP contribution >= 0.6 is 0 Å². The number of halogens is 3. The standard InChI is InChI=1S/C17H19F3N4/c18-17(19,20)13-9-22-16-12(15(13)23-11-2-1-3-11)8-14(24-16)10-4-6-21-7-5-10/h4,8-9,11,21H,1-3,5-7H2,(H2,22,23,24). The maximum absolute atomic E-state index is 13.4. The van der Waals surface area contributed by atoms with Gasteiger partial charge in [-0.1, -0.05) is 6.08 Å². The third kappa shape index (κ3) is 2.77. The van der Waals surface area contributed by atoms with Gasteiger partial charge in [0.25, 0.3) is 0 Å². The molecule has 1 saturated carbocycles. The molecule has 0 spiro atoms. The van der Waals surface area contributed by atoms with Crippen molar-refractivity contribution in [2.75, 3.05) is 18.4 Å². The quantitative estimate of drug-likeness (QED) is 0.796. The lowest BCUT2D eigenvalue weighted by Crippen LogP contribution is -2.28. The number of hydrogen-bond donors (Lipinski definition) is 3. The minimum atomic E-state index is -4.42. The summed E-state index contributed by atoms with van der Waals surface area (Å²) < 4.78 is 40.2. The van der Waals surface area contributed by atoms with Gasteiger partial charge < -0.3 is 15.6 Å². The Morgan fingerprint density at radius 3 is 2.71 bits per heavy atom. The van der Waals surface area contributed by atoms with Gasteiger partial charge >= 0.3 is 6.18 Å². The van der Waals surface area contributed by atoms with Gasteiger partial charge in [-0.3, -0.25) is 0 Å². The fourth-order valence-corrected chi connectivity index (χ4v) is 3.24. The number of rotatable bonds is 3. The van der Waals surface area contributed by atoms with E-state index in [0.717, 1.165) is 56.2 Å². The second-order valence-electron chi connectivity index (χ2n) is 6.45. The van der Waals surface area contributed by atoms with Crippen LogP contribution in [-0.2, 0) is 6.18 Å². The highest BCUT2D eigenvalue weighted by atomic mass is 19.4. The second-order valence-corrected chi connectivity index (χ2v) is 6.45. The molecule has 0 saturated heterocycles. The first-order valence-electron chi connectivity index (χ1n) is 8.28. The average molecular weight is 336 g/mol. The number of nitrogens with one attached hydrogen (secondary N) is 3. The van der Waals surface area contributed by atoms with Gasteiger partial charge in [-0.15, -0.1) is 0 Å². The molecule has 1 aliphatic heterocycles. The molecule has 0 bridgehead atoms. The van der Waals surface area contributed by atoms with E-state index < -0.39 is 11.7 Å². The molecule has 24 heavy (non-hydrogen) atoms. The Bertz CT molecular complexity index is 787. The van der Waals surface area contributed by atoms with Crippen LogP contribution in [0.25, 0.3) is 16.6 Å². The molecule has 0 unspecified atom stereocenters. The molecule has 0 aromatic carbocycles. The number of pyridine rings is 1. The van der Waals surface area contributed by atoms with Crippen LogP contribution in [0.2, 0.25) is 0 Å². The predicted molar refractivity (Wildman–Crippen MR) is 87.8 cm³/mol. The summed E-state index contributed by atoms with van der Waals surface area (Å²) >= 11 is 0. The molecule has 3 N–H and O–H groups in total. The van der Waals surface area contributed by atoms with Crippen molar-refractivity contribution >= 4 is 22.3 Å². The lowest BCUT2D eigenvalue weighted by molar-refractivity contribution is -0.137. The van der Waals surface area contributed by atoms with Gasteiger partial charge in [0, 0.05) is 29.9 Å². The molecule has 0 atom stereocenters. The zero-order chi connectivity index (χ0) is 16.7. The highest BCUT2D eigenvalue weighted by Gasteiger charge is 2.36. The van der Waals surface area contributed by atoms with Crippen LogP contribution in [-0.4, -0.2) is 29.1 Å². The van der Waals surface area contributed by atoms with E-state index in [1.807, 2.05) is 0 Å². The third-order valence-corrected chi connectivity index (χ3v) is 4.83. The van der Waals surface area contributed by atoms with E-state index in [4.69, 9.17) is 0 Å². The first kappa shape index (κ1) is 15.5. The van der Waals surface area contributed by atoms with E-state index in [2.05, 4.69) is 26.7 Å². The van der Waals surface area contributed by atoms with Crippen molar-refractivity contribution in [1.82, 2.24) is 15.3 Å². The van der Waals surface area contributed by atoms with Crippen LogP contribution in [0.4, 0.5) is 18.9 Å². The summed E-state index contributed by atoms with van der Waals surface area (Å²) in [5.41, 5.74) is 1.95. The molecule has 0 amide bonds. The summed E-state index contributed by atoms with van der Waals surface area (Å²) in [7, 11) is 0. The Hall–Kier alpha value is -2.02. The molecule has 0 radical (unpaired) electrons. The van der Waals surface area contributed by atoms with Gasteiger partial charge in [0.1, 0.15) is 5.65 Å². The van der Waals surface area contributed by atoms with E-state index in [9.17, 15) is 13.2 Å². The number of nitrogens with zero attached hydrogens (tertiary/aromatic N) is 1. The topological polar surface area (TPSA) is 52.7 Å². The molecule has 2 aromatic rings. The van der Waals surface area contributed by atoms with Gasteiger partial charge in [0.15, 0.2) is 0 Å². The molecule has 2 aliphatic rings. The third-order valence-electron chi connectivity index (χ3n) is 4.83. The highest BCUT2D eigenvalue weighted by Crippen LogP contribution is 2.40. The van der Waals surface area contributed by atoms with Crippen LogP contribution in [0.3, 0.4) is 0 Å². The van der Waals surface area contributed by atoms with Crippen LogP contribution < -0.4 is 10.6 Å². The van der Waals surface area contributed by atoms with Gasteiger partial charge in [0.05, 0.1) is 11.3 Å². The molecule has 7 heteroatoms. The molecular weight excluding hydrogens is 317 g/mol. The molecular formula is C17H19F3N4. The maximum Gasteiger partial charge on any atom is 0.419 e. The monoisotopic (exact) mass is 336 g/mol. The Kier molecular flexibility index (Phi) is 3.75. The van der Waals surface area contributed by atoms with Crippen LogP contribution in [0, 0.1) is 0 Å². The zero-order valence-electron chi connectivity index (χ0n) is 13.1. The van der Waals surface area contributed by atoms with Crippen molar-refractivity contribution in [3.8, 4) is 0 Å². The minimum Gasteiger partial charge on any atom is -0.381 e. The predicted octanol–water partition coefficient (Wildman–Crippen LogP) is 3.92. The van der Waals surface area contributed by atoms with Gasteiger partial charge in [0.2, 0.25) is 0 Å². The largest absolute Gasteiger partial charge is 0.419 e. The van der Waals surface area contributed by atoms with Crippen molar-refractivity contribution in [3.63, 3.8) is 0 Å². The van der Waals surface area contributed by atoms with E-state index in [0.29, 0.717) is 11.0 Å². The normalized spacial score (nSPS) is 19.2. The summed E-state index contributed by atoms with van der Waals surface area (Å²) in [4.78, 5) is 7.20. The van der Waals surface area contributed by atoms with Crippen molar-refractivity contribution in [3.05, 3.63) is 29.6 Å². The summed E-state index contributed by atoms with van der Waals surface area (Å²) in [5, 5.41) is 6.85. The van der Waals surface area contributed by atoms with Crippen molar-refractivity contribution in [2.45, 2.75) is 37.9 Å². The molecule has 1 aliphatic carbocycles. The van der Waals surface area contributed by atoms with Crippen molar-refractivity contribution in [1.29, 1.82) is 0 Å². The number of alkyl halides is 3. The fraction of sp³-hybridized carbons (Fsp3) is 0.471. The van der Waals surface area contributed by atoms with E-state index in [1.165, 1.54) is 0 Å². The van der Waals surface area contributed by atoms with Crippen LogP contribution in [0.5, 0.6) is 0 Å². The first-order valence-corrected chi connectivity index (χ1v) is 8.28. The lowest BCUT2D eigenvalue weighted by atomic mass is 9.92. The van der Waals surface area contributed by atoms with Crippen LogP contribution in [0.15, 0.2) is 18.3 Å². The Morgan fingerprint density at radius 2 is 2.08 bits per heavy atom. The number of H-pyrrole nitrogens is 1. The van der Waals surface area contributed by atoms with E-state index in [1.54, 1.807) is 6.07 Å². The molecule has 4 rings (SSSR count). The highest BCUT2D eigenvalue weighted by molar-refractivity contribution is 5.94. The Balaban J connectivity index is 1.82. The number of hydrogen-bond acceptors (Lipinski definition) is 3. The SMILES string of the molecule is FC(F)(F)c1cnc2[nH]c(C3=CCNCC3)cc2c1NC1CCC1. The smallest absolute Gasteiger partial charge is 0.381 e. The van der Waals surface area contributed by atoms with Gasteiger partial charge in [-0.25, -0.2) is 4.98 Å². The summed E-state index contributed by atoms with van der Waals surface area (Å²) in [6.07, 6.45) is 2.32. The van der Waals surface area contributed by atoms with Crippen LogP contribution in [0.1, 0.15) is 36.9 Å². The van der Waals surface area contributed by atoms with Gasteiger partial charge in [-0.2, -0.15) is 13.2 Å².